The second-order valence-corrected chi connectivity index (χ2v) is 6.36. The number of cyclic esters (lactones) is 1. The number of carbonyl (C=O) groups is 1. The van der Waals surface area contributed by atoms with E-state index in [9.17, 15) is 4.79 Å². The Morgan fingerprint density at radius 2 is 2.11 bits per heavy atom. The molecule has 5 heteroatoms. The summed E-state index contributed by atoms with van der Waals surface area (Å²) in [7, 11) is 0. The Morgan fingerprint density at radius 1 is 1.42 bits per heavy atom. The Labute approximate surface area is 124 Å². The molecule has 0 aliphatic carbocycles. The van der Waals surface area contributed by atoms with Crippen LogP contribution in [0.1, 0.15) is 12.5 Å². The Balaban J connectivity index is 2.33. The van der Waals surface area contributed by atoms with E-state index in [0.29, 0.717) is 5.76 Å². The number of hydrogen-bond donors (Lipinski definition) is 0. The predicted molar refractivity (Wildman–Crippen MR) is 79.2 cm³/mol. The summed E-state index contributed by atoms with van der Waals surface area (Å²) in [6.07, 6.45) is 1.87. The standard InChI is InChI=1S/C14H12BrNO2S/c1-2-19-13-7-12(18-14(17)11(13)8-16)9-3-5-10(15)6-4-9/h3-7,11,13H,2H2,1H3/t11-,13-/m1/s1. The zero-order valence-electron chi connectivity index (χ0n) is 10.3. The lowest BCUT2D eigenvalue weighted by atomic mass is 10.0. The van der Waals surface area contributed by atoms with E-state index in [1.165, 1.54) is 0 Å². The number of nitrogens with zero attached hydrogens (tertiary/aromatic N) is 1. The van der Waals surface area contributed by atoms with Crippen molar-refractivity contribution in [1.82, 2.24) is 0 Å². The Hall–Kier alpha value is -1.25. The molecule has 0 saturated heterocycles. The summed E-state index contributed by atoms with van der Waals surface area (Å²) in [6.45, 7) is 2.01. The van der Waals surface area contributed by atoms with E-state index in [4.69, 9.17) is 10.00 Å². The van der Waals surface area contributed by atoms with Crippen LogP contribution in [0.2, 0.25) is 0 Å². The summed E-state index contributed by atoms with van der Waals surface area (Å²) in [5, 5.41) is 8.91. The van der Waals surface area contributed by atoms with Crippen LogP contribution in [0.3, 0.4) is 0 Å². The lowest BCUT2D eigenvalue weighted by molar-refractivity contribution is -0.139. The number of nitriles is 1. The van der Waals surface area contributed by atoms with E-state index >= 15 is 0 Å². The van der Waals surface area contributed by atoms with Gasteiger partial charge in [-0.2, -0.15) is 17.0 Å². The molecule has 0 saturated carbocycles. The first kappa shape index (κ1) is 14.2. The average Bonchev–Trinajstić information content (AvgIpc) is 2.39. The minimum atomic E-state index is -0.718. The molecular weight excluding hydrogens is 326 g/mol. The number of thioether (sulfide) groups is 1. The van der Waals surface area contributed by atoms with Crippen molar-refractivity contribution in [3.63, 3.8) is 0 Å². The highest BCUT2D eigenvalue weighted by Gasteiger charge is 2.34. The number of benzene rings is 1. The maximum atomic E-state index is 11.9. The Morgan fingerprint density at radius 3 is 2.68 bits per heavy atom. The van der Waals surface area contributed by atoms with Gasteiger partial charge < -0.3 is 4.74 Å². The fourth-order valence-electron chi connectivity index (χ4n) is 1.82. The van der Waals surface area contributed by atoms with Crippen molar-refractivity contribution in [2.75, 3.05) is 5.75 Å². The quantitative estimate of drug-likeness (QED) is 0.790. The first-order valence-corrected chi connectivity index (χ1v) is 7.70. The van der Waals surface area contributed by atoms with Crippen molar-refractivity contribution < 1.29 is 9.53 Å². The van der Waals surface area contributed by atoms with Crippen molar-refractivity contribution >= 4 is 39.4 Å². The molecule has 0 N–H and O–H groups in total. The van der Waals surface area contributed by atoms with Crippen molar-refractivity contribution in [3.05, 3.63) is 40.4 Å². The highest BCUT2D eigenvalue weighted by Crippen LogP contribution is 2.32. The average molecular weight is 338 g/mol. The number of ether oxygens (including phenoxy) is 1. The molecule has 2 rings (SSSR count). The molecule has 3 nitrogen and oxygen atoms in total. The van der Waals surface area contributed by atoms with E-state index in [1.54, 1.807) is 11.8 Å². The summed E-state index contributed by atoms with van der Waals surface area (Å²) in [5.74, 6) is 0.202. The zero-order valence-corrected chi connectivity index (χ0v) is 12.7. The Kier molecular flexibility index (Phi) is 4.67. The lowest BCUT2D eigenvalue weighted by Gasteiger charge is -2.24. The molecule has 98 valence electrons. The molecule has 1 aliphatic heterocycles. The topological polar surface area (TPSA) is 50.1 Å². The number of carbonyl (C=O) groups excluding carboxylic acids is 1. The smallest absolute Gasteiger partial charge is 0.330 e. The normalized spacial score (nSPS) is 22.4. The maximum Gasteiger partial charge on any atom is 0.330 e. The third kappa shape index (κ3) is 3.20. The van der Waals surface area contributed by atoms with Crippen LogP contribution < -0.4 is 0 Å². The van der Waals surface area contributed by atoms with E-state index in [0.717, 1.165) is 15.8 Å². The molecule has 1 aromatic rings. The maximum absolute atomic E-state index is 11.9. The van der Waals surface area contributed by atoms with Gasteiger partial charge in [0, 0.05) is 10.0 Å². The molecule has 1 aliphatic rings. The van der Waals surface area contributed by atoms with Gasteiger partial charge in [-0.15, -0.1) is 0 Å². The number of esters is 1. The van der Waals surface area contributed by atoms with Crippen molar-refractivity contribution in [1.29, 1.82) is 5.26 Å². The number of halogens is 1. The summed E-state index contributed by atoms with van der Waals surface area (Å²) in [4.78, 5) is 11.9. The summed E-state index contributed by atoms with van der Waals surface area (Å²) in [5.41, 5.74) is 0.842. The molecule has 1 aromatic carbocycles. The molecule has 0 aromatic heterocycles. The van der Waals surface area contributed by atoms with Gasteiger partial charge in [0.1, 0.15) is 5.76 Å². The first-order valence-electron chi connectivity index (χ1n) is 5.86. The van der Waals surface area contributed by atoms with E-state index in [1.807, 2.05) is 43.3 Å². The van der Waals surface area contributed by atoms with Crippen LogP contribution in [-0.4, -0.2) is 17.0 Å². The monoisotopic (exact) mass is 337 g/mol. The van der Waals surface area contributed by atoms with Gasteiger partial charge in [-0.25, -0.2) is 0 Å². The van der Waals surface area contributed by atoms with Gasteiger partial charge in [0.15, 0.2) is 5.92 Å². The molecule has 0 bridgehead atoms. The zero-order chi connectivity index (χ0) is 13.8. The summed E-state index contributed by atoms with van der Waals surface area (Å²) in [6, 6.07) is 9.56. The van der Waals surface area contributed by atoms with Gasteiger partial charge in [-0.05, 0) is 24.0 Å². The molecular formula is C14H12BrNO2S. The van der Waals surface area contributed by atoms with Crippen LogP contribution in [0.4, 0.5) is 0 Å². The van der Waals surface area contributed by atoms with Crippen LogP contribution in [0.15, 0.2) is 34.8 Å². The number of hydrogen-bond acceptors (Lipinski definition) is 4. The van der Waals surface area contributed by atoms with E-state index in [2.05, 4.69) is 15.9 Å². The SMILES string of the molecule is CCS[C@@H]1C=C(c2ccc(Br)cc2)OC(=O)[C@@H]1C#N. The highest BCUT2D eigenvalue weighted by molar-refractivity contribution is 9.10. The lowest BCUT2D eigenvalue weighted by Crippen LogP contribution is -2.29. The minimum absolute atomic E-state index is 0.144. The second kappa shape index (κ2) is 6.27. The van der Waals surface area contributed by atoms with Gasteiger partial charge in [0.25, 0.3) is 0 Å². The van der Waals surface area contributed by atoms with Crippen LogP contribution in [0, 0.1) is 17.2 Å². The van der Waals surface area contributed by atoms with Crippen LogP contribution >= 0.6 is 27.7 Å². The fraction of sp³-hybridized carbons (Fsp3) is 0.286. The third-order valence-electron chi connectivity index (χ3n) is 2.74. The van der Waals surface area contributed by atoms with Crippen molar-refractivity contribution in [2.45, 2.75) is 12.2 Å². The van der Waals surface area contributed by atoms with Gasteiger partial charge in [0.05, 0.1) is 11.3 Å². The molecule has 0 unspecified atom stereocenters. The minimum Gasteiger partial charge on any atom is -0.425 e. The highest BCUT2D eigenvalue weighted by atomic mass is 79.9. The van der Waals surface area contributed by atoms with Crippen LogP contribution in [0.5, 0.6) is 0 Å². The third-order valence-corrected chi connectivity index (χ3v) is 4.39. The van der Waals surface area contributed by atoms with E-state index < -0.39 is 11.9 Å². The van der Waals surface area contributed by atoms with Gasteiger partial charge in [-0.3, -0.25) is 4.79 Å². The van der Waals surface area contributed by atoms with Gasteiger partial charge >= 0.3 is 5.97 Å². The second-order valence-electron chi connectivity index (χ2n) is 3.99. The van der Waals surface area contributed by atoms with Crippen LogP contribution in [0.25, 0.3) is 5.76 Å². The Bertz CT molecular complexity index is 548. The summed E-state index contributed by atoms with van der Waals surface area (Å²) < 4.78 is 6.23. The largest absolute Gasteiger partial charge is 0.425 e. The van der Waals surface area contributed by atoms with Crippen molar-refractivity contribution in [3.8, 4) is 6.07 Å². The fourth-order valence-corrected chi connectivity index (χ4v) is 3.05. The van der Waals surface area contributed by atoms with E-state index in [-0.39, 0.29) is 5.25 Å². The first-order chi connectivity index (χ1) is 9.15. The molecule has 0 radical (unpaired) electrons. The van der Waals surface area contributed by atoms with Crippen molar-refractivity contribution in [2.24, 2.45) is 5.92 Å². The van der Waals surface area contributed by atoms with Gasteiger partial charge in [-0.1, -0.05) is 35.0 Å². The van der Waals surface area contributed by atoms with Gasteiger partial charge in [0.2, 0.25) is 0 Å². The molecule has 19 heavy (non-hydrogen) atoms. The molecule has 0 fully saturated rings. The molecule has 2 atom stereocenters. The predicted octanol–water partition coefficient (Wildman–Crippen LogP) is 3.61. The molecule has 1 heterocycles. The van der Waals surface area contributed by atoms with Crippen LogP contribution in [-0.2, 0) is 9.53 Å². The summed E-state index contributed by atoms with van der Waals surface area (Å²) >= 11 is 4.95. The molecule has 0 spiro atoms. The number of rotatable bonds is 3. The molecule has 0 amide bonds.